The molecule has 31 heavy (non-hydrogen) atoms. The van der Waals surface area contributed by atoms with Crippen molar-refractivity contribution in [3.8, 4) is 17.2 Å². The number of ether oxygens (including phenoxy) is 4. The van der Waals surface area contributed by atoms with E-state index in [4.69, 9.17) is 30.5 Å². The third kappa shape index (κ3) is 4.39. The number of halogens is 1. The molecule has 0 spiro atoms. The van der Waals surface area contributed by atoms with Gasteiger partial charge in [0.2, 0.25) is 0 Å². The molecule has 1 aliphatic heterocycles. The first-order chi connectivity index (χ1) is 14.9. The van der Waals surface area contributed by atoms with E-state index in [1.807, 2.05) is 0 Å². The average molecular weight is 447 g/mol. The van der Waals surface area contributed by atoms with Crippen molar-refractivity contribution in [2.24, 2.45) is 0 Å². The molecule has 0 radical (unpaired) electrons. The van der Waals surface area contributed by atoms with E-state index in [1.54, 1.807) is 50.4 Å². The zero-order valence-corrected chi connectivity index (χ0v) is 18.3. The van der Waals surface area contributed by atoms with E-state index >= 15 is 0 Å². The number of hydrogen-bond donors (Lipinski definition) is 2. The molecule has 0 aromatic heterocycles. The molecule has 0 fully saturated rings. The summed E-state index contributed by atoms with van der Waals surface area (Å²) in [6.07, 6.45) is 0. The van der Waals surface area contributed by atoms with E-state index in [2.05, 4.69) is 10.6 Å². The van der Waals surface area contributed by atoms with Gasteiger partial charge in [-0.25, -0.2) is 9.59 Å². The first-order valence-electron chi connectivity index (χ1n) is 9.48. The molecule has 1 aliphatic rings. The van der Waals surface area contributed by atoms with Gasteiger partial charge in [-0.1, -0.05) is 17.7 Å². The van der Waals surface area contributed by atoms with E-state index in [1.165, 1.54) is 14.2 Å². The Morgan fingerprint density at radius 1 is 1.03 bits per heavy atom. The molecule has 0 saturated carbocycles. The molecule has 0 bridgehead atoms. The highest BCUT2D eigenvalue weighted by Gasteiger charge is 2.36. The SMILES string of the molecule is CCOC(=O)C1=C(c2ccc(OC)cc2)NC(=O)NC1c1ccc(OC)c(OC)c1Cl. The third-order valence-corrected chi connectivity index (χ3v) is 5.16. The molecular formula is C22H23ClN2O6. The summed E-state index contributed by atoms with van der Waals surface area (Å²) >= 11 is 6.59. The second kappa shape index (κ2) is 9.61. The highest BCUT2D eigenvalue weighted by Crippen LogP contribution is 2.43. The Morgan fingerprint density at radius 3 is 2.32 bits per heavy atom. The normalized spacial score (nSPS) is 15.6. The second-order valence-electron chi connectivity index (χ2n) is 6.47. The van der Waals surface area contributed by atoms with Gasteiger partial charge in [0.1, 0.15) is 5.75 Å². The van der Waals surface area contributed by atoms with Crippen molar-refractivity contribution in [3.63, 3.8) is 0 Å². The quantitative estimate of drug-likeness (QED) is 0.630. The van der Waals surface area contributed by atoms with Gasteiger partial charge in [-0.05, 0) is 42.8 Å². The van der Waals surface area contributed by atoms with Gasteiger partial charge in [0.25, 0.3) is 0 Å². The first-order valence-corrected chi connectivity index (χ1v) is 9.86. The van der Waals surface area contributed by atoms with Crippen molar-refractivity contribution in [2.45, 2.75) is 13.0 Å². The predicted octanol–water partition coefficient (Wildman–Crippen LogP) is 3.69. The maximum atomic E-state index is 13.0. The van der Waals surface area contributed by atoms with Gasteiger partial charge >= 0.3 is 12.0 Å². The summed E-state index contributed by atoms with van der Waals surface area (Å²) in [6, 6.07) is 8.91. The van der Waals surface area contributed by atoms with Gasteiger partial charge in [-0.3, -0.25) is 0 Å². The summed E-state index contributed by atoms with van der Waals surface area (Å²) in [5.74, 6) is 0.774. The van der Waals surface area contributed by atoms with E-state index in [-0.39, 0.29) is 17.2 Å². The Morgan fingerprint density at radius 2 is 1.74 bits per heavy atom. The molecule has 1 heterocycles. The van der Waals surface area contributed by atoms with Crippen molar-refractivity contribution in [1.82, 2.24) is 10.6 Å². The van der Waals surface area contributed by atoms with Gasteiger partial charge in [0, 0.05) is 5.56 Å². The number of benzene rings is 2. The number of carbonyl (C=O) groups excluding carboxylic acids is 2. The smallest absolute Gasteiger partial charge is 0.338 e. The number of esters is 1. The van der Waals surface area contributed by atoms with Crippen LogP contribution in [0.25, 0.3) is 5.70 Å². The van der Waals surface area contributed by atoms with Crippen LogP contribution in [0, 0.1) is 0 Å². The molecule has 2 aromatic carbocycles. The van der Waals surface area contributed by atoms with Crippen molar-refractivity contribution in [3.05, 3.63) is 58.1 Å². The monoisotopic (exact) mass is 446 g/mol. The minimum absolute atomic E-state index is 0.165. The minimum Gasteiger partial charge on any atom is -0.497 e. The molecule has 0 aliphatic carbocycles. The molecule has 1 atom stereocenters. The van der Waals surface area contributed by atoms with E-state index in [0.29, 0.717) is 34.1 Å². The number of hydrogen-bond acceptors (Lipinski definition) is 6. The van der Waals surface area contributed by atoms with Crippen molar-refractivity contribution >= 4 is 29.3 Å². The van der Waals surface area contributed by atoms with Crippen LogP contribution in [0.1, 0.15) is 24.1 Å². The maximum Gasteiger partial charge on any atom is 0.338 e. The van der Waals surface area contributed by atoms with Gasteiger partial charge in [-0.2, -0.15) is 0 Å². The molecule has 164 valence electrons. The summed E-state index contributed by atoms with van der Waals surface area (Å²) in [4.78, 5) is 25.5. The van der Waals surface area contributed by atoms with Crippen LogP contribution in [0.3, 0.4) is 0 Å². The number of rotatable bonds is 7. The number of carbonyl (C=O) groups is 2. The molecule has 3 rings (SSSR count). The first kappa shape index (κ1) is 22.3. The van der Waals surface area contributed by atoms with Gasteiger partial charge in [0.05, 0.1) is 50.3 Å². The van der Waals surface area contributed by atoms with E-state index in [0.717, 1.165) is 0 Å². The summed E-state index contributed by atoms with van der Waals surface area (Å²) in [6.45, 7) is 1.87. The van der Waals surface area contributed by atoms with E-state index in [9.17, 15) is 9.59 Å². The van der Waals surface area contributed by atoms with Crippen LogP contribution >= 0.6 is 11.6 Å². The largest absolute Gasteiger partial charge is 0.497 e. The van der Waals surface area contributed by atoms with Crippen LogP contribution < -0.4 is 24.8 Å². The Bertz CT molecular complexity index is 1020. The number of urea groups is 1. The van der Waals surface area contributed by atoms with Crippen molar-refractivity contribution < 1.29 is 28.5 Å². The van der Waals surface area contributed by atoms with E-state index < -0.39 is 18.0 Å². The fourth-order valence-electron chi connectivity index (χ4n) is 3.34. The summed E-state index contributed by atoms with van der Waals surface area (Å²) in [7, 11) is 4.50. The molecule has 0 saturated heterocycles. The van der Waals surface area contributed by atoms with Crippen LogP contribution in [-0.2, 0) is 9.53 Å². The lowest BCUT2D eigenvalue weighted by Gasteiger charge is -2.30. The Kier molecular flexibility index (Phi) is 6.91. The van der Waals surface area contributed by atoms with Crippen LogP contribution in [0.5, 0.6) is 17.2 Å². The zero-order chi connectivity index (χ0) is 22.5. The molecule has 2 N–H and O–H groups in total. The number of methoxy groups -OCH3 is 3. The minimum atomic E-state index is -0.878. The fraction of sp³-hybridized carbons (Fsp3) is 0.273. The Hall–Kier alpha value is -3.39. The van der Waals surface area contributed by atoms with Crippen LogP contribution in [0.4, 0.5) is 4.79 Å². The van der Waals surface area contributed by atoms with Gasteiger partial charge in [-0.15, -0.1) is 0 Å². The fourth-order valence-corrected chi connectivity index (χ4v) is 3.68. The van der Waals surface area contributed by atoms with Gasteiger partial charge < -0.3 is 29.6 Å². The Labute approximate surface area is 185 Å². The molecule has 2 amide bonds. The lowest BCUT2D eigenvalue weighted by Crippen LogP contribution is -2.45. The lowest BCUT2D eigenvalue weighted by atomic mass is 9.92. The standard InChI is InChI=1S/C22H23ClN2O6/c1-5-31-21(26)16-18(12-6-8-13(28-2)9-7-12)24-22(27)25-19(16)14-10-11-15(29-3)20(30-4)17(14)23/h6-11,19H,5H2,1-4H3,(H2,24,25,27). The zero-order valence-electron chi connectivity index (χ0n) is 17.6. The van der Waals surface area contributed by atoms with Crippen LogP contribution in [-0.4, -0.2) is 39.9 Å². The van der Waals surface area contributed by atoms with Crippen molar-refractivity contribution in [1.29, 1.82) is 0 Å². The number of amides is 2. The molecule has 8 nitrogen and oxygen atoms in total. The average Bonchev–Trinajstić information content (AvgIpc) is 2.78. The topological polar surface area (TPSA) is 95.1 Å². The van der Waals surface area contributed by atoms with Crippen LogP contribution in [0.15, 0.2) is 42.0 Å². The molecule has 2 aromatic rings. The second-order valence-corrected chi connectivity index (χ2v) is 6.85. The van der Waals surface area contributed by atoms with Crippen LogP contribution in [0.2, 0.25) is 5.02 Å². The lowest BCUT2D eigenvalue weighted by molar-refractivity contribution is -0.138. The highest BCUT2D eigenvalue weighted by molar-refractivity contribution is 6.33. The summed E-state index contributed by atoms with van der Waals surface area (Å²) in [5.41, 5.74) is 1.60. The maximum absolute atomic E-state index is 13.0. The van der Waals surface area contributed by atoms with Gasteiger partial charge in [0.15, 0.2) is 11.5 Å². The summed E-state index contributed by atoms with van der Waals surface area (Å²) in [5, 5.41) is 5.69. The highest BCUT2D eigenvalue weighted by atomic mass is 35.5. The third-order valence-electron chi connectivity index (χ3n) is 4.77. The molecule has 1 unspecified atom stereocenters. The predicted molar refractivity (Wildman–Crippen MR) is 116 cm³/mol. The molecule has 9 heteroatoms. The Balaban J connectivity index is 2.22. The summed E-state index contributed by atoms with van der Waals surface area (Å²) < 4.78 is 21.1. The van der Waals surface area contributed by atoms with Crippen molar-refractivity contribution in [2.75, 3.05) is 27.9 Å². The number of nitrogens with one attached hydrogen (secondary N) is 2. The molecular weight excluding hydrogens is 424 g/mol.